The molecule has 0 saturated carbocycles. The second kappa shape index (κ2) is 9.50. The quantitative estimate of drug-likeness (QED) is 0.813. The summed E-state index contributed by atoms with van der Waals surface area (Å²) in [4.78, 5) is 28.2. The largest absolute Gasteiger partial charge is 0.381 e. The van der Waals surface area contributed by atoms with Gasteiger partial charge in [-0.3, -0.25) is 9.59 Å². The van der Waals surface area contributed by atoms with Gasteiger partial charge in [0.1, 0.15) is 0 Å². The summed E-state index contributed by atoms with van der Waals surface area (Å²) in [7, 11) is 0. The fourth-order valence-electron chi connectivity index (χ4n) is 3.14. The van der Waals surface area contributed by atoms with E-state index >= 15 is 0 Å². The van der Waals surface area contributed by atoms with Gasteiger partial charge in [0.2, 0.25) is 5.91 Å². The Balaban J connectivity index is 1.59. The Morgan fingerprint density at radius 1 is 1.12 bits per heavy atom. The lowest BCUT2D eigenvalue weighted by atomic mass is 10.1. The number of rotatable bonds is 7. The average Bonchev–Trinajstić information content (AvgIpc) is 3.21. The van der Waals surface area contributed by atoms with Crippen LogP contribution in [0.2, 0.25) is 0 Å². The number of carbonyl (C=O) groups excluding carboxylic acids is 2. The number of hydrogen-bond donors (Lipinski definition) is 1. The van der Waals surface area contributed by atoms with E-state index in [-0.39, 0.29) is 24.4 Å². The summed E-state index contributed by atoms with van der Waals surface area (Å²) in [5.41, 5.74) is 0.566. The maximum Gasteiger partial charge on any atom is 0.251 e. The van der Waals surface area contributed by atoms with Crippen molar-refractivity contribution in [2.45, 2.75) is 25.3 Å². The van der Waals surface area contributed by atoms with E-state index in [9.17, 15) is 9.59 Å². The molecule has 2 heterocycles. The van der Waals surface area contributed by atoms with Crippen LogP contribution in [-0.2, 0) is 16.0 Å². The molecule has 1 aromatic heterocycles. The van der Waals surface area contributed by atoms with Crippen LogP contribution in [0.3, 0.4) is 0 Å². The second-order valence-electron chi connectivity index (χ2n) is 6.31. The predicted octanol–water partition coefficient (Wildman–Crippen LogP) is 2.73. The highest BCUT2D eigenvalue weighted by Crippen LogP contribution is 2.17. The van der Waals surface area contributed by atoms with E-state index in [1.54, 1.807) is 23.5 Å². The van der Waals surface area contributed by atoms with Gasteiger partial charge in [-0.15, -0.1) is 11.3 Å². The van der Waals surface area contributed by atoms with E-state index in [1.165, 1.54) is 4.88 Å². The maximum atomic E-state index is 12.8. The minimum Gasteiger partial charge on any atom is -0.381 e. The number of ether oxygens (including phenoxy) is 1. The Hall–Kier alpha value is -2.18. The van der Waals surface area contributed by atoms with Crippen molar-refractivity contribution in [3.05, 3.63) is 58.3 Å². The van der Waals surface area contributed by atoms with E-state index in [1.807, 2.05) is 29.2 Å². The van der Waals surface area contributed by atoms with E-state index in [0.717, 1.165) is 19.3 Å². The third-order valence-electron chi connectivity index (χ3n) is 4.57. The van der Waals surface area contributed by atoms with Crippen LogP contribution in [0.15, 0.2) is 47.8 Å². The summed E-state index contributed by atoms with van der Waals surface area (Å²) >= 11 is 1.71. The van der Waals surface area contributed by atoms with E-state index < -0.39 is 0 Å². The fraction of sp³-hybridized carbons (Fsp3) is 0.400. The Morgan fingerprint density at radius 3 is 2.58 bits per heavy atom. The molecule has 1 saturated heterocycles. The highest BCUT2D eigenvalue weighted by atomic mass is 32.1. The SMILES string of the molecule is O=C(NCC(=O)N(CCc1cccs1)C1CCOCC1)c1ccccc1. The molecule has 1 aliphatic rings. The lowest BCUT2D eigenvalue weighted by Crippen LogP contribution is -2.48. The maximum absolute atomic E-state index is 12.8. The van der Waals surface area contributed by atoms with Crippen molar-refractivity contribution in [1.82, 2.24) is 10.2 Å². The number of benzene rings is 1. The number of hydrogen-bond acceptors (Lipinski definition) is 4. The molecule has 0 spiro atoms. The predicted molar refractivity (Wildman–Crippen MR) is 102 cm³/mol. The number of carbonyl (C=O) groups is 2. The molecular formula is C20H24N2O3S. The lowest BCUT2D eigenvalue weighted by molar-refractivity contribution is -0.134. The summed E-state index contributed by atoms with van der Waals surface area (Å²) in [6, 6.07) is 13.3. The topological polar surface area (TPSA) is 58.6 Å². The van der Waals surface area contributed by atoms with Gasteiger partial charge in [0.25, 0.3) is 5.91 Å². The van der Waals surface area contributed by atoms with Gasteiger partial charge in [-0.05, 0) is 42.8 Å². The first kappa shape index (κ1) is 18.6. The molecule has 6 heteroatoms. The minimum absolute atomic E-state index is 0.0233. The van der Waals surface area contributed by atoms with Crippen molar-refractivity contribution in [3.63, 3.8) is 0 Å². The fourth-order valence-corrected chi connectivity index (χ4v) is 3.84. The zero-order chi connectivity index (χ0) is 18.2. The summed E-state index contributed by atoms with van der Waals surface area (Å²) in [6.07, 6.45) is 2.54. The summed E-state index contributed by atoms with van der Waals surface area (Å²) in [5, 5.41) is 4.80. The molecule has 0 atom stereocenters. The third kappa shape index (κ3) is 5.16. The summed E-state index contributed by atoms with van der Waals surface area (Å²) < 4.78 is 5.43. The van der Waals surface area contributed by atoms with Crippen molar-refractivity contribution in [2.24, 2.45) is 0 Å². The molecule has 1 aromatic carbocycles. The van der Waals surface area contributed by atoms with Crippen LogP contribution < -0.4 is 5.32 Å². The minimum atomic E-state index is -0.218. The van der Waals surface area contributed by atoms with Crippen LogP contribution in [0.1, 0.15) is 28.1 Å². The van der Waals surface area contributed by atoms with Crippen LogP contribution in [0.25, 0.3) is 0 Å². The average molecular weight is 372 g/mol. The van der Waals surface area contributed by atoms with Gasteiger partial charge in [-0.25, -0.2) is 0 Å². The van der Waals surface area contributed by atoms with Gasteiger partial charge in [0, 0.05) is 36.2 Å². The van der Waals surface area contributed by atoms with E-state index in [2.05, 4.69) is 16.8 Å². The molecule has 0 radical (unpaired) electrons. The molecule has 0 aliphatic carbocycles. The van der Waals surface area contributed by atoms with Crippen molar-refractivity contribution >= 4 is 23.2 Å². The van der Waals surface area contributed by atoms with Crippen molar-refractivity contribution in [2.75, 3.05) is 26.3 Å². The van der Waals surface area contributed by atoms with Gasteiger partial charge < -0.3 is 15.0 Å². The van der Waals surface area contributed by atoms with Crippen molar-refractivity contribution in [3.8, 4) is 0 Å². The smallest absolute Gasteiger partial charge is 0.251 e. The number of amides is 2. The zero-order valence-corrected chi connectivity index (χ0v) is 15.5. The van der Waals surface area contributed by atoms with Crippen LogP contribution >= 0.6 is 11.3 Å². The van der Waals surface area contributed by atoms with Crippen LogP contribution in [0, 0.1) is 0 Å². The third-order valence-corrected chi connectivity index (χ3v) is 5.50. The Bertz CT molecular complexity index is 697. The zero-order valence-electron chi connectivity index (χ0n) is 14.7. The molecule has 2 amide bonds. The van der Waals surface area contributed by atoms with Crippen LogP contribution in [0.4, 0.5) is 0 Å². The molecule has 2 aromatic rings. The Labute approximate surface area is 158 Å². The van der Waals surface area contributed by atoms with Gasteiger partial charge in [0.05, 0.1) is 6.54 Å². The monoisotopic (exact) mass is 372 g/mol. The molecule has 1 fully saturated rings. The number of nitrogens with zero attached hydrogens (tertiary/aromatic N) is 1. The lowest BCUT2D eigenvalue weighted by Gasteiger charge is -2.34. The molecular weight excluding hydrogens is 348 g/mol. The van der Waals surface area contributed by atoms with Crippen molar-refractivity contribution in [1.29, 1.82) is 0 Å². The first-order chi connectivity index (χ1) is 12.7. The first-order valence-corrected chi connectivity index (χ1v) is 9.85. The first-order valence-electron chi connectivity index (χ1n) is 8.97. The molecule has 1 aliphatic heterocycles. The summed E-state index contributed by atoms with van der Waals surface area (Å²) in [6.45, 7) is 2.06. The van der Waals surface area contributed by atoms with Gasteiger partial charge in [-0.1, -0.05) is 24.3 Å². The second-order valence-corrected chi connectivity index (χ2v) is 7.34. The Kier molecular flexibility index (Phi) is 6.80. The molecule has 138 valence electrons. The summed E-state index contributed by atoms with van der Waals surface area (Å²) in [5.74, 6) is -0.248. The molecule has 5 nitrogen and oxygen atoms in total. The van der Waals surface area contributed by atoms with Crippen LogP contribution in [0.5, 0.6) is 0 Å². The normalized spacial score (nSPS) is 14.8. The molecule has 1 N–H and O–H groups in total. The van der Waals surface area contributed by atoms with Gasteiger partial charge >= 0.3 is 0 Å². The highest BCUT2D eigenvalue weighted by Gasteiger charge is 2.25. The van der Waals surface area contributed by atoms with E-state index in [4.69, 9.17) is 4.74 Å². The molecule has 26 heavy (non-hydrogen) atoms. The van der Waals surface area contributed by atoms with Gasteiger partial charge in [-0.2, -0.15) is 0 Å². The number of nitrogens with one attached hydrogen (secondary N) is 1. The number of thiophene rings is 1. The Morgan fingerprint density at radius 2 is 1.88 bits per heavy atom. The van der Waals surface area contributed by atoms with Crippen molar-refractivity contribution < 1.29 is 14.3 Å². The molecule has 0 bridgehead atoms. The van der Waals surface area contributed by atoms with Gasteiger partial charge in [0.15, 0.2) is 0 Å². The highest BCUT2D eigenvalue weighted by molar-refractivity contribution is 7.09. The standard InChI is InChI=1S/C20H24N2O3S/c23-19(15-21-20(24)16-5-2-1-3-6-16)22(17-9-12-25-13-10-17)11-8-18-7-4-14-26-18/h1-7,14,17H,8-13,15H2,(H,21,24). The molecule has 3 rings (SSSR count). The van der Waals surface area contributed by atoms with Crippen LogP contribution in [-0.4, -0.2) is 49.1 Å². The van der Waals surface area contributed by atoms with E-state index in [0.29, 0.717) is 25.3 Å². The molecule has 0 unspecified atom stereocenters.